The second-order valence-electron chi connectivity index (χ2n) is 9.07. The summed E-state index contributed by atoms with van der Waals surface area (Å²) in [6, 6.07) is 14.2. The van der Waals surface area contributed by atoms with E-state index < -0.39 is 35.4 Å². The lowest BCUT2D eigenvalue weighted by molar-refractivity contribution is -0.138. The van der Waals surface area contributed by atoms with Gasteiger partial charge in [0.05, 0.1) is 29.4 Å². The van der Waals surface area contributed by atoms with Crippen molar-refractivity contribution < 1.29 is 31.9 Å². The number of piperazine rings is 1. The lowest BCUT2D eigenvalue weighted by Crippen LogP contribution is -2.55. The molecule has 5 rings (SSSR count). The fourth-order valence-electron chi connectivity index (χ4n) is 4.91. The highest BCUT2D eigenvalue weighted by Crippen LogP contribution is 2.42. The van der Waals surface area contributed by atoms with Crippen molar-refractivity contribution in [3.05, 3.63) is 89.5 Å². The van der Waals surface area contributed by atoms with Gasteiger partial charge in [0.2, 0.25) is 5.96 Å². The molecule has 0 saturated carbocycles. The number of guanidine groups is 1. The number of hydrogen-bond donors (Lipinski definition) is 1. The maximum Gasteiger partial charge on any atom is 0.416 e. The number of nitrogens with zero attached hydrogens (tertiary/aromatic N) is 4. The van der Waals surface area contributed by atoms with Crippen molar-refractivity contribution in [2.45, 2.75) is 18.6 Å². The number of alkyl halides is 3. The first kappa shape index (κ1) is 25.5. The van der Waals surface area contributed by atoms with Crippen LogP contribution in [0.15, 0.2) is 71.7 Å². The van der Waals surface area contributed by atoms with Crippen molar-refractivity contribution in [2.24, 2.45) is 4.99 Å². The van der Waals surface area contributed by atoms with Gasteiger partial charge in [0.15, 0.2) is 0 Å². The van der Waals surface area contributed by atoms with Crippen LogP contribution in [0, 0.1) is 11.6 Å². The molecule has 0 radical (unpaired) electrons. The number of benzene rings is 3. The summed E-state index contributed by atoms with van der Waals surface area (Å²) in [6.07, 6.45) is -4.96. The van der Waals surface area contributed by atoms with Crippen LogP contribution in [-0.2, 0) is 11.0 Å². The Hall–Kier alpha value is -4.15. The average Bonchev–Trinajstić information content (AvgIpc) is 2.88. The number of rotatable bonds is 4. The van der Waals surface area contributed by atoms with Gasteiger partial charge in [0.1, 0.15) is 11.6 Å². The second kappa shape index (κ2) is 9.96. The summed E-state index contributed by atoms with van der Waals surface area (Å²) in [4.78, 5) is 21.8. The predicted molar refractivity (Wildman–Crippen MR) is 133 cm³/mol. The Kier molecular flexibility index (Phi) is 6.68. The van der Waals surface area contributed by atoms with Crippen LogP contribution < -0.4 is 9.80 Å². The molecule has 1 unspecified atom stereocenters. The summed E-state index contributed by atoms with van der Waals surface area (Å²) in [5.41, 5.74) is 0.665. The molecule has 1 fully saturated rings. The molecule has 0 amide bonds. The number of anilines is 2. The highest BCUT2D eigenvalue weighted by Gasteiger charge is 2.38. The van der Waals surface area contributed by atoms with Gasteiger partial charge in [-0.05, 0) is 36.4 Å². The van der Waals surface area contributed by atoms with Gasteiger partial charge in [-0.15, -0.1) is 0 Å². The minimum absolute atomic E-state index is 0.159. The maximum atomic E-state index is 14.4. The van der Waals surface area contributed by atoms with Crippen molar-refractivity contribution >= 4 is 29.0 Å². The predicted octanol–water partition coefficient (Wildman–Crippen LogP) is 5.83. The number of hydrogen-bond acceptors (Lipinski definition) is 5. The SMILES string of the molecule is O=C(O)CC1c2ccccc2N=C(N2CCN(c3ccc(F)cc3F)CC2)N1c1cccc(C(F)(F)F)c1. The molecule has 1 atom stereocenters. The van der Waals surface area contributed by atoms with E-state index >= 15 is 0 Å². The van der Waals surface area contributed by atoms with Gasteiger partial charge in [-0.3, -0.25) is 4.79 Å². The Morgan fingerprint density at radius 2 is 1.63 bits per heavy atom. The first-order valence-corrected chi connectivity index (χ1v) is 11.9. The average molecular weight is 530 g/mol. The Balaban J connectivity index is 1.53. The number of halogens is 5. The van der Waals surface area contributed by atoms with Gasteiger partial charge in [-0.2, -0.15) is 13.2 Å². The van der Waals surface area contributed by atoms with Crippen molar-refractivity contribution in [2.75, 3.05) is 36.0 Å². The quantitative estimate of drug-likeness (QED) is 0.431. The van der Waals surface area contributed by atoms with E-state index in [1.807, 2.05) is 4.90 Å². The lowest BCUT2D eigenvalue weighted by atomic mass is 9.97. The normalized spacial score (nSPS) is 17.8. The van der Waals surface area contributed by atoms with Crippen molar-refractivity contribution in [3.63, 3.8) is 0 Å². The zero-order chi connectivity index (χ0) is 27.0. The fraction of sp³-hybridized carbons (Fsp3) is 0.259. The maximum absolute atomic E-state index is 14.4. The summed E-state index contributed by atoms with van der Waals surface area (Å²) < 4.78 is 68.5. The van der Waals surface area contributed by atoms with Gasteiger partial charge in [-0.1, -0.05) is 24.3 Å². The van der Waals surface area contributed by atoms with Crippen LogP contribution in [0.25, 0.3) is 0 Å². The van der Waals surface area contributed by atoms with E-state index in [4.69, 9.17) is 4.99 Å². The first-order chi connectivity index (χ1) is 18.1. The van der Waals surface area contributed by atoms with Crippen LogP contribution in [0.4, 0.5) is 39.0 Å². The molecule has 6 nitrogen and oxygen atoms in total. The number of para-hydroxylation sites is 1. The molecule has 0 aromatic heterocycles. The number of aliphatic imine (C=N–C) groups is 1. The Bertz CT molecular complexity index is 1390. The summed E-state index contributed by atoms with van der Waals surface area (Å²) in [5, 5.41) is 9.71. The molecule has 3 aromatic rings. The second-order valence-corrected chi connectivity index (χ2v) is 9.07. The van der Waals surface area contributed by atoms with E-state index in [1.165, 1.54) is 24.3 Å². The lowest BCUT2D eigenvalue weighted by Gasteiger charge is -2.45. The molecule has 1 saturated heterocycles. The minimum Gasteiger partial charge on any atom is -0.481 e. The largest absolute Gasteiger partial charge is 0.481 e. The van der Waals surface area contributed by atoms with Crippen LogP contribution in [0.1, 0.15) is 23.6 Å². The van der Waals surface area contributed by atoms with E-state index in [0.29, 0.717) is 43.4 Å². The molecule has 0 spiro atoms. The molecule has 0 bridgehead atoms. The number of aliphatic carboxylic acids is 1. The number of carboxylic acids is 1. The van der Waals surface area contributed by atoms with Gasteiger partial charge < -0.3 is 19.8 Å². The fourth-order valence-corrected chi connectivity index (χ4v) is 4.91. The van der Waals surface area contributed by atoms with E-state index in [9.17, 15) is 31.9 Å². The monoisotopic (exact) mass is 530 g/mol. The summed E-state index contributed by atoms with van der Waals surface area (Å²) in [5.74, 6) is -2.16. The highest BCUT2D eigenvalue weighted by molar-refractivity contribution is 6.01. The zero-order valence-corrected chi connectivity index (χ0v) is 20.0. The van der Waals surface area contributed by atoms with Crippen LogP contribution in [0.5, 0.6) is 0 Å². The van der Waals surface area contributed by atoms with E-state index in [-0.39, 0.29) is 17.8 Å². The Morgan fingerprint density at radius 3 is 2.32 bits per heavy atom. The topological polar surface area (TPSA) is 59.4 Å². The minimum atomic E-state index is -4.59. The Labute approximate surface area is 215 Å². The third kappa shape index (κ3) is 5.00. The van der Waals surface area contributed by atoms with Gasteiger partial charge in [0.25, 0.3) is 0 Å². The smallest absolute Gasteiger partial charge is 0.416 e. The third-order valence-corrected chi connectivity index (χ3v) is 6.68. The van der Waals surface area contributed by atoms with Crippen molar-refractivity contribution in [3.8, 4) is 0 Å². The van der Waals surface area contributed by atoms with Crippen molar-refractivity contribution in [1.29, 1.82) is 0 Å². The molecule has 11 heteroatoms. The van der Waals surface area contributed by atoms with Crippen LogP contribution in [0.2, 0.25) is 0 Å². The van der Waals surface area contributed by atoms with E-state index in [2.05, 4.69) is 0 Å². The number of carbonyl (C=O) groups is 1. The van der Waals surface area contributed by atoms with Crippen LogP contribution in [-0.4, -0.2) is 48.1 Å². The van der Waals surface area contributed by atoms with Gasteiger partial charge in [-0.25, -0.2) is 13.8 Å². The van der Waals surface area contributed by atoms with Crippen LogP contribution >= 0.6 is 0 Å². The molecule has 0 aliphatic carbocycles. The highest BCUT2D eigenvalue weighted by atomic mass is 19.4. The first-order valence-electron chi connectivity index (χ1n) is 11.9. The van der Waals surface area contributed by atoms with E-state index in [0.717, 1.165) is 18.2 Å². The number of carboxylic acid groups (broad SMARTS) is 1. The molecular weight excluding hydrogens is 507 g/mol. The summed E-state index contributed by atoms with van der Waals surface area (Å²) in [6.45, 7) is 1.33. The molecule has 38 heavy (non-hydrogen) atoms. The third-order valence-electron chi connectivity index (χ3n) is 6.68. The van der Waals surface area contributed by atoms with Gasteiger partial charge >= 0.3 is 12.1 Å². The van der Waals surface area contributed by atoms with Crippen molar-refractivity contribution in [1.82, 2.24) is 4.90 Å². The molecule has 198 valence electrons. The van der Waals surface area contributed by atoms with Gasteiger partial charge in [0, 0.05) is 43.5 Å². The zero-order valence-electron chi connectivity index (χ0n) is 20.0. The Morgan fingerprint density at radius 1 is 0.921 bits per heavy atom. The standard InChI is InChI=1S/C27H23F5N4O2/c28-18-8-9-23(21(29)15-18)34-10-12-35(13-11-34)26-33-22-7-2-1-6-20(22)24(16-25(37)38)36(26)19-5-3-4-17(14-19)27(30,31)32/h1-9,14-15,24H,10-13,16H2,(H,37,38). The van der Waals surface area contributed by atoms with E-state index in [1.54, 1.807) is 34.1 Å². The molecule has 2 aliphatic rings. The van der Waals surface area contributed by atoms with Crippen LogP contribution in [0.3, 0.4) is 0 Å². The molecule has 3 aromatic carbocycles. The number of fused-ring (bicyclic) bond motifs is 1. The molecule has 2 heterocycles. The summed E-state index contributed by atoms with van der Waals surface area (Å²) >= 11 is 0. The molecule has 1 N–H and O–H groups in total. The molecule has 2 aliphatic heterocycles. The molecular formula is C27H23F5N4O2. The summed E-state index contributed by atoms with van der Waals surface area (Å²) in [7, 11) is 0.